The minimum atomic E-state index is -0.247. The van der Waals surface area contributed by atoms with E-state index in [1.54, 1.807) is 0 Å². The molecule has 68 valence electrons. The zero-order valence-corrected chi connectivity index (χ0v) is 8.45. The van der Waals surface area contributed by atoms with E-state index in [0.717, 1.165) is 19.3 Å². The third-order valence-electron chi connectivity index (χ3n) is 3.07. The molecule has 1 saturated carbocycles. The standard InChI is InChI=1S/C10H15ClO/c1-4-5-6-10(8(11)12)7-9(10,2)3/h4H,1,5-7H2,2-3H3/t10-/m0/s1. The molecule has 0 saturated heterocycles. The van der Waals surface area contributed by atoms with Crippen LogP contribution >= 0.6 is 11.6 Å². The van der Waals surface area contributed by atoms with Gasteiger partial charge >= 0.3 is 0 Å². The molecule has 1 rings (SSSR count). The maximum atomic E-state index is 11.2. The Morgan fingerprint density at radius 2 is 2.17 bits per heavy atom. The Balaban J connectivity index is 2.66. The Morgan fingerprint density at radius 3 is 2.42 bits per heavy atom. The number of hydrogen-bond donors (Lipinski definition) is 0. The van der Waals surface area contributed by atoms with Gasteiger partial charge in [0.15, 0.2) is 0 Å². The Hall–Kier alpha value is -0.300. The minimum absolute atomic E-state index is 0.106. The molecule has 0 N–H and O–H groups in total. The summed E-state index contributed by atoms with van der Waals surface area (Å²) in [6.07, 6.45) is 4.50. The second-order valence-electron chi connectivity index (χ2n) is 4.24. The molecule has 0 spiro atoms. The van der Waals surface area contributed by atoms with E-state index in [1.807, 2.05) is 6.08 Å². The lowest BCUT2D eigenvalue weighted by atomic mass is 9.92. The molecule has 12 heavy (non-hydrogen) atoms. The molecular formula is C10H15ClO. The number of allylic oxidation sites excluding steroid dienone is 1. The van der Waals surface area contributed by atoms with Crippen LogP contribution in [0.15, 0.2) is 12.7 Å². The highest BCUT2D eigenvalue weighted by atomic mass is 35.5. The quantitative estimate of drug-likeness (QED) is 0.487. The van der Waals surface area contributed by atoms with E-state index >= 15 is 0 Å². The maximum Gasteiger partial charge on any atom is 0.228 e. The Labute approximate surface area is 78.8 Å². The molecule has 2 heteroatoms. The molecule has 1 nitrogen and oxygen atoms in total. The van der Waals surface area contributed by atoms with Gasteiger partial charge in [-0.3, -0.25) is 4.79 Å². The molecule has 0 aromatic rings. The van der Waals surface area contributed by atoms with Crippen molar-refractivity contribution in [3.05, 3.63) is 12.7 Å². The second kappa shape index (κ2) is 2.88. The number of carbonyl (C=O) groups excluding carboxylic acids is 1. The summed E-state index contributed by atoms with van der Waals surface area (Å²) < 4.78 is 0. The highest BCUT2D eigenvalue weighted by Crippen LogP contribution is 2.67. The van der Waals surface area contributed by atoms with Gasteiger partial charge in [-0.2, -0.15) is 0 Å². The van der Waals surface area contributed by atoms with Gasteiger partial charge in [0.25, 0.3) is 0 Å². The van der Waals surface area contributed by atoms with E-state index in [1.165, 1.54) is 0 Å². The fraction of sp³-hybridized carbons (Fsp3) is 0.700. The van der Waals surface area contributed by atoms with Crippen LogP contribution in [0.3, 0.4) is 0 Å². The molecule has 1 aliphatic rings. The van der Waals surface area contributed by atoms with E-state index in [0.29, 0.717) is 0 Å². The predicted octanol–water partition coefficient (Wildman–Crippen LogP) is 3.13. The Kier molecular flexibility index (Phi) is 2.35. The molecule has 1 aliphatic carbocycles. The van der Waals surface area contributed by atoms with Crippen molar-refractivity contribution in [3.63, 3.8) is 0 Å². The average Bonchev–Trinajstić information content (AvgIpc) is 2.51. The molecule has 0 aliphatic heterocycles. The monoisotopic (exact) mass is 186 g/mol. The van der Waals surface area contributed by atoms with Crippen molar-refractivity contribution >= 4 is 16.8 Å². The van der Waals surface area contributed by atoms with Crippen molar-refractivity contribution in [2.45, 2.75) is 33.1 Å². The fourth-order valence-electron chi connectivity index (χ4n) is 1.92. The summed E-state index contributed by atoms with van der Waals surface area (Å²) in [5, 5.41) is -0.172. The van der Waals surface area contributed by atoms with Gasteiger partial charge in [0.2, 0.25) is 5.24 Å². The first kappa shape index (κ1) is 9.79. The lowest BCUT2D eigenvalue weighted by molar-refractivity contribution is -0.117. The third kappa shape index (κ3) is 1.31. The summed E-state index contributed by atoms with van der Waals surface area (Å²) in [7, 11) is 0. The van der Waals surface area contributed by atoms with Crippen molar-refractivity contribution in [1.29, 1.82) is 0 Å². The lowest BCUT2D eigenvalue weighted by Gasteiger charge is -2.14. The Bertz CT molecular complexity index is 220. The molecule has 1 fully saturated rings. The van der Waals surface area contributed by atoms with E-state index in [2.05, 4.69) is 20.4 Å². The van der Waals surface area contributed by atoms with Gasteiger partial charge in [-0.05, 0) is 36.3 Å². The largest absolute Gasteiger partial charge is 0.281 e. The molecule has 0 aromatic heterocycles. The summed E-state index contributed by atoms with van der Waals surface area (Å²) in [5.74, 6) is 0. The first-order valence-electron chi connectivity index (χ1n) is 4.27. The van der Waals surface area contributed by atoms with Crippen molar-refractivity contribution in [1.82, 2.24) is 0 Å². The number of carbonyl (C=O) groups is 1. The van der Waals surface area contributed by atoms with Crippen molar-refractivity contribution in [3.8, 4) is 0 Å². The molecule has 0 radical (unpaired) electrons. The normalized spacial score (nSPS) is 31.2. The topological polar surface area (TPSA) is 17.1 Å². The average molecular weight is 187 g/mol. The summed E-state index contributed by atoms with van der Waals surface area (Å²) in [6, 6.07) is 0. The third-order valence-corrected chi connectivity index (χ3v) is 3.43. The smallest absolute Gasteiger partial charge is 0.228 e. The van der Waals surface area contributed by atoms with Crippen LogP contribution in [0.5, 0.6) is 0 Å². The zero-order chi connectivity index (χ0) is 9.41. The van der Waals surface area contributed by atoms with Crippen LogP contribution in [0, 0.1) is 10.8 Å². The molecule has 0 amide bonds. The van der Waals surface area contributed by atoms with E-state index in [4.69, 9.17) is 11.6 Å². The van der Waals surface area contributed by atoms with Gasteiger partial charge in [-0.1, -0.05) is 19.9 Å². The fourth-order valence-corrected chi connectivity index (χ4v) is 2.34. The minimum Gasteiger partial charge on any atom is -0.281 e. The van der Waals surface area contributed by atoms with Crippen LogP contribution in [0.25, 0.3) is 0 Å². The van der Waals surface area contributed by atoms with E-state index in [-0.39, 0.29) is 16.1 Å². The van der Waals surface area contributed by atoms with Crippen LogP contribution < -0.4 is 0 Å². The lowest BCUT2D eigenvalue weighted by Crippen LogP contribution is -2.16. The van der Waals surface area contributed by atoms with Crippen molar-refractivity contribution < 1.29 is 4.79 Å². The van der Waals surface area contributed by atoms with Crippen LogP contribution in [0.2, 0.25) is 0 Å². The highest BCUT2D eigenvalue weighted by Gasteiger charge is 2.64. The summed E-state index contributed by atoms with van der Waals surface area (Å²) in [6.45, 7) is 7.83. The van der Waals surface area contributed by atoms with Crippen LogP contribution in [0.1, 0.15) is 33.1 Å². The predicted molar refractivity (Wildman–Crippen MR) is 51.1 cm³/mol. The second-order valence-corrected chi connectivity index (χ2v) is 4.59. The summed E-state index contributed by atoms with van der Waals surface area (Å²) in [5.41, 5.74) is -0.141. The first-order chi connectivity index (χ1) is 5.46. The first-order valence-corrected chi connectivity index (χ1v) is 4.65. The van der Waals surface area contributed by atoms with Crippen LogP contribution in [-0.4, -0.2) is 5.24 Å². The van der Waals surface area contributed by atoms with Gasteiger partial charge < -0.3 is 0 Å². The summed E-state index contributed by atoms with van der Waals surface area (Å²) >= 11 is 5.58. The Morgan fingerprint density at radius 1 is 1.67 bits per heavy atom. The number of hydrogen-bond acceptors (Lipinski definition) is 1. The van der Waals surface area contributed by atoms with Gasteiger partial charge in [-0.25, -0.2) is 0 Å². The van der Waals surface area contributed by atoms with Crippen molar-refractivity contribution in [2.24, 2.45) is 10.8 Å². The van der Waals surface area contributed by atoms with E-state index in [9.17, 15) is 4.79 Å². The molecule has 0 unspecified atom stereocenters. The maximum absolute atomic E-state index is 11.2. The van der Waals surface area contributed by atoms with Gasteiger partial charge in [-0.15, -0.1) is 6.58 Å². The molecule has 0 heterocycles. The van der Waals surface area contributed by atoms with E-state index < -0.39 is 0 Å². The van der Waals surface area contributed by atoms with Gasteiger partial charge in [0.1, 0.15) is 0 Å². The van der Waals surface area contributed by atoms with Gasteiger partial charge in [0, 0.05) is 0 Å². The van der Waals surface area contributed by atoms with Crippen molar-refractivity contribution in [2.75, 3.05) is 0 Å². The molecular weight excluding hydrogens is 172 g/mol. The summed E-state index contributed by atoms with van der Waals surface area (Å²) in [4.78, 5) is 11.2. The highest BCUT2D eigenvalue weighted by molar-refractivity contribution is 6.65. The van der Waals surface area contributed by atoms with Crippen LogP contribution in [0.4, 0.5) is 0 Å². The molecule has 0 bridgehead atoms. The molecule has 0 aromatic carbocycles. The molecule has 1 atom stereocenters. The SMILES string of the molecule is C=CCC[C@@]1(C(=O)Cl)CC1(C)C. The number of rotatable bonds is 4. The number of halogens is 1. The van der Waals surface area contributed by atoms with Gasteiger partial charge in [0.05, 0.1) is 5.41 Å². The van der Waals surface area contributed by atoms with Crippen LogP contribution in [-0.2, 0) is 4.79 Å². The zero-order valence-electron chi connectivity index (χ0n) is 7.69.